The van der Waals surface area contributed by atoms with Gasteiger partial charge in [-0.15, -0.1) is 0 Å². The lowest BCUT2D eigenvalue weighted by atomic mass is 10.1. The number of morpholine rings is 1. The largest absolute Gasteiger partial charge is 0.497 e. The second-order valence-electron chi connectivity index (χ2n) is 7.84. The van der Waals surface area contributed by atoms with Crippen LogP contribution in [0.3, 0.4) is 0 Å². The van der Waals surface area contributed by atoms with Crippen molar-refractivity contribution in [2.45, 2.75) is 13.0 Å². The Morgan fingerprint density at radius 2 is 2.03 bits per heavy atom. The molecule has 0 bridgehead atoms. The van der Waals surface area contributed by atoms with E-state index in [1.165, 1.54) is 0 Å². The van der Waals surface area contributed by atoms with Gasteiger partial charge in [-0.2, -0.15) is 0 Å². The molecule has 0 radical (unpaired) electrons. The number of nitrogens with zero attached hydrogens (tertiary/aromatic N) is 3. The molecule has 2 aromatic rings. The summed E-state index contributed by atoms with van der Waals surface area (Å²) < 4.78 is 10.6. The Balaban J connectivity index is 1.39. The first-order chi connectivity index (χ1) is 15.6. The fraction of sp³-hybridized carbons (Fsp3) is 0.435. The van der Waals surface area contributed by atoms with Gasteiger partial charge in [-0.1, -0.05) is 12.1 Å². The molecule has 2 N–H and O–H groups in total. The summed E-state index contributed by atoms with van der Waals surface area (Å²) in [5.74, 6) is 1.10. The summed E-state index contributed by atoms with van der Waals surface area (Å²) in [4.78, 5) is 33.7. The van der Waals surface area contributed by atoms with Gasteiger partial charge in [0, 0.05) is 25.8 Å². The summed E-state index contributed by atoms with van der Waals surface area (Å²) in [5, 5.41) is 5.99. The standard InChI is InChI=1S/C23H29N5O4/c1-31-19-5-3-17(4-6-19)16-28-20-13-18(14-25-22(20)26-15-21(28)29)23(30)24-7-2-8-27-9-11-32-12-10-27/h3-6,13-14H,2,7-12,15-16H2,1H3,(H,24,30)(H,25,26). The summed E-state index contributed by atoms with van der Waals surface area (Å²) in [6.07, 6.45) is 2.41. The van der Waals surface area contributed by atoms with Crippen molar-refractivity contribution in [3.8, 4) is 5.75 Å². The average molecular weight is 440 g/mol. The van der Waals surface area contributed by atoms with Gasteiger partial charge in [0.05, 0.1) is 44.7 Å². The van der Waals surface area contributed by atoms with E-state index in [1.807, 2.05) is 24.3 Å². The highest BCUT2D eigenvalue weighted by atomic mass is 16.5. The van der Waals surface area contributed by atoms with E-state index in [2.05, 4.69) is 20.5 Å². The highest BCUT2D eigenvalue weighted by Gasteiger charge is 2.26. The number of nitrogens with one attached hydrogen (secondary N) is 2. The van der Waals surface area contributed by atoms with E-state index in [4.69, 9.17) is 9.47 Å². The zero-order chi connectivity index (χ0) is 22.3. The maximum Gasteiger partial charge on any atom is 0.252 e. The number of benzene rings is 1. The fourth-order valence-corrected chi connectivity index (χ4v) is 3.83. The number of pyridine rings is 1. The Morgan fingerprint density at radius 3 is 2.78 bits per heavy atom. The molecule has 0 aliphatic carbocycles. The predicted molar refractivity (Wildman–Crippen MR) is 121 cm³/mol. The third-order valence-corrected chi connectivity index (χ3v) is 5.67. The zero-order valence-electron chi connectivity index (χ0n) is 18.3. The third-order valence-electron chi connectivity index (χ3n) is 5.67. The van der Waals surface area contributed by atoms with Crippen LogP contribution < -0.4 is 20.3 Å². The molecule has 1 aromatic carbocycles. The third kappa shape index (κ3) is 5.35. The van der Waals surface area contributed by atoms with Gasteiger partial charge in [0.15, 0.2) is 5.82 Å². The number of aromatic nitrogens is 1. The van der Waals surface area contributed by atoms with Crippen molar-refractivity contribution < 1.29 is 19.1 Å². The van der Waals surface area contributed by atoms with Crippen LogP contribution in [-0.4, -0.2) is 74.7 Å². The summed E-state index contributed by atoms with van der Waals surface area (Å²) in [7, 11) is 1.62. The molecule has 9 heteroatoms. The summed E-state index contributed by atoms with van der Waals surface area (Å²) >= 11 is 0. The Morgan fingerprint density at radius 1 is 1.25 bits per heavy atom. The van der Waals surface area contributed by atoms with Gasteiger partial charge in [-0.3, -0.25) is 14.5 Å². The van der Waals surface area contributed by atoms with Crippen LogP contribution in [0.5, 0.6) is 5.75 Å². The molecule has 2 amide bonds. The number of hydrogen-bond acceptors (Lipinski definition) is 7. The fourth-order valence-electron chi connectivity index (χ4n) is 3.83. The van der Waals surface area contributed by atoms with Gasteiger partial charge in [0.25, 0.3) is 5.91 Å². The number of ether oxygens (including phenoxy) is 2. The number of anilines is 2. The number of methoxy groups -OCH3 is 1. The summed E-state index contributed by atoms with van der Waals surface area (Å²) in [6.45, 7) is 5.49. The lowest BCUT2D eigenvalue weighted by molar-refractivity contribution is -0.117. The molecular weight excluding hydrogens is 410 g/mol. The minimum Gasteiger partial charge on any atom is -0.497 e. The number of carbonyl (C=O) groups excluding carboxylic acids is 2. The topological polar surface area (TPSA) is 96.0 Å². The molecule has 4 rings (SSSR count). The van der Waals surface area contributed by atoms with Gasteiger partial charge in [-0.05, 0) is 36.7 Å². The first-order valence-corrected chi connectivity index (χ1v) is 10.9. The van der Waals surface area contributed by atoms with Gasteiger partial charge < -0.3 is 25.0 Å². The Hall–Kier alpha value is -3.17. The van der Waals surface area contributed by atoms with Crippen LogP contribution in [0.1, 0.15) is 22.3 Å². The molecule has 0 atom stereocenters. The monoisotopic (exact) mass is 439 g/mol. The number of rotatable bonds is 8. The maximum atomic E-state index is 12.7. The molecule has 0 saturated carbocycles. The predicted octanol–water partition coefficient (Wildman–Crippen LogP) is 1.50. The van der Waals surface area contributed by atoms with Crippen LogP contribution >= 0.6 is 0 Å². The van der Waals surface area contributed by atoms with Gasteiger partial charge in [0.1, 0.15) is 5.75 Å². The number of carbonyl (C=O) groups is 2. The van der Waals surface area contributed by atoms with E-state index in [9.17, 15) is 9.59 Å². The van der Waals surface area contributed by atoms with Gasteiger partial charge >= 0.3 is 0 Å². The van der Waals surface area contributed by atoms with E-state index in [-0.39, 0.29) is 18.4 Å². The van der Waals surface area contributed by atoms with E-state index >= 15 is 0 Å². The smallest absolute Gasteiger partial charge is 0.252 e. The normalized spacial score (nSPS) is 16.3. The number of fused-ring (bicyclic) bond motifs is 1. The van der Waals surface area contributed by atoms with Crippen LogP contribution in [0.15, 0.2) is 36.5 Å². The summed E-state index contributed by atoms with van der Waals surface area (Å²) in [5.41, 5.74) is 2.01. The second kappa shape index (κ2) is 10.4. The molecule has 1 saturated heterocycles. The zero-order valence-corrected chi connectivity index (χ0v) is 18.3. The van der Waals surface area contributed by atoms with Crippen molar-refractivity contribution in [2.24, 2.45) is 0 Å². The Kier molecular flexibility index (Phi) is 7.18. The van der Waals surface area contributed by atoms with Crippen LogP contribution in [0, 0.1) is 0 Å². The van der Waals surface area contributed by atoms with E-state index in [0.29, 0.717) is 30.2 Å². The lowest BCUT2D eigenvalue weighted by Gasteiger charge is -2.30. The van der Waals surface area contributed by atoms with E-state index in [1.54, 1.807) is 24.3 Å². The van der Waals surface area contributed by atoms with Crippen molar-refractivity contribution in [1.82, 2.24) is 15.2 Å². The van der Waals surface area contributed by atoms with E-state index < -0.39 is 0 Å². The Labute approximate surface area is 187 Å². The molecule has 0 unspecified atom stereocenters. The van der Waals surface area contributed by atoms with Crippen molar-refractivity contribution in [1.29, 1.82) is 0 Å². The number of amides is 2. The van der Waals surface area contributed by atoms with Crippen molar-refractivity contribution in [3.05, 3.63) is 47.7 Å². The molecule has 1 aromatic heterocycles. The highest BCUT2D eigenvalue weighted by molar-refractivity contribution is 6.04. The lowest BCUT2D eigenvalue weighted by Crippen LogP contribution is -2.40. The molecule has 0 spiro atoms. The summed E-state index contributed by atoms with van der Waals surface area (Å²) in [6, 6.07) is 9.30. The maximum absolute atomic E-state index is 12.7. The molecule has 2 aliphatic heterocycles. The minimum atomic E-state index is -0.190. The van der Waals surface area contributed by atoms with Gasteiger partial charge in [-0.25, -0.2) is 4.98 Å². The minimum absolute atomic E-state index is 0.0711. The molecule has 3 heterocycles. The SMILES string of the molecule is COc1ccc(CN2C(=O)CNc3ncc(C(=O)NCCCN4CCOCC4)cc32)cc1. The van der Waals surface area contributed by atoms with Crippen LogP contribution in [0.25, 0.3) is 0 Å². The van der Waals surface area contributed by atoms with Crippen LogP contribution in [0.4, 0.5) is 11.5 Å². The molecular formula is C23H29N5O4. The van der Waals surface area contributed by atoms with Gasteiger partial charge in [0.2, 0.25) is 5.91 Å². The molecule has 32 heavy (non-hydrogen) atoms. The first kappa shape index (κ1) is 22.0. The average Bonchev–Trinajstić information content (AvgIpc) is 2.84. The second-order valence-corrected chi connectivity index (χ2v) is 7.84. The Bertz CT molecular complexity index is 944. The van der Waals surface area contributed by atoms with Crippen LogP contribution in [-0.2, 0) is 16.1 Å². The van der Waals surface area contributed by atoms with Crippen molar-refractivity contribution >= 4 is 23.3 Å². The first-order valence-electron chi connectivity index (χ1n) is 10.9. The van der Waals surface area contributed by atoms with E-state index in [0.717, 1.165) is 50.6 Å². The van der Waals surface area contributed by atoms with Crippen molar-refractivity contribution in [2.75, 3.05) is 63.3 Å². The highest BCUT2D eigenvalue weighted by Crippen LogP contribution is 2.30. The molecule has 9 nitrogen and oxygen atoms in total. The quantitative estimate of drug-likeness (QED) is 0.602. The molecule has 2 aliphatic rings. The number of hydrogen-bond donors (Lipinski definition) is 2. The molecule has 1 fully saturated rings. The molecule has 170 valence electrons. The van der Waals surface area contributed by atoms with Crippen molar-refractivity contribution in [3.63, 3.8) is 0 Å². The van der Waals surface area contributed by atoms with Crippen LogP contribution in [0.2, 0.25) is 0 Å².